The Balaban J connectivity index is 1.86. The number of likely N-dealkylation sites (tertiary alicyclic amines) is 1. The van der Waals surface area contributed by atoms with Crippen LogP contribution in [0.4, 0.5) is 29.3 Å². The fourth-order valence-corrected chi connectivity index (χ4v) is 3.62. The number of carbonyl (C=O) groups is 2. The minimum Gasteiger partial charge on any atom is -0.465 e. The zero-order chi connectivity index (χ0) is 21.1. The number of benzene rings is 2. The number of nitrogens with zero attached hydrogens (tertiary/aromatic N) is 1. The third kappa shape index (κ3) is 5.11. The highest BCUT2D eigenvalue weighted by molar-refractivity contribution is 14.1. The molecule has 1 saturated heterocycles. The summed E-state index contributed by atoms with van der Waals surface area (Å²) in [5.74, 6) is -3.52. The lowest BCUT2D eigenvalue weighted by molar-refractivity contribution is 0.0885. The summed E-state index contributed by atoms with van der Waals surface area (Å²) in [6, 6.07) is 5.19. The van der Waals surface area contributed by atoms with E-state index in [0.29, 0.717) is 29.0 Å². The monoisotopic (exact) mass is 519 g/mol. The topological polar surface area (TPSA) is 81.7 Å². The standard InChI is InChI=1S/C19H17F3IN3O3/c20-10-6-14(22)17(16(7-10)25-15-4-3-11(23)8-13(15)21)18(27)24-12-2-1-5-26(9-12)19(28)29/h3-4,6-8,12,25H,1-2,5,9H2,(H,24,27)(H,28,29). The number of nitrogens with one attached hydrogen (secondary N) is 2. The molecule has 6 nitrogen and oxygen atoms in total. The molecule has 0 radical (unpaired) electrons. The Kier molecular flexibility index (Phi) is 6.50. The molecule has 1 aliphatic heterocycles. The molecule has 10 heteroatoms. The van der Waals surface area contributed by atoms with Crippen LogP contribution in [-0.4, -0.2) is 41.1 Å². The van der Waals surface area contributed by atoms with Crippen molar-refractivity contribution in [1.82, 2.24) is 10.2 Å². The van der Waals surface area contributed by atoms with E-state index in [1.54, 1.807) is 6.07 Å². The van der Waals surface area contributed by atoms with Gasteiger partial charge in [-0.2, -0.15) is 0 Å². The van der Waals surface area contributed by atoms with Crippen LogP contribution in [0, 0.1) is 21.0 Å². The fourth-order valence-electron chi connectivity index (χ4n) is 3.17. The van der Waals surface area contributed by atoms with Crippen molar-refractivity contribution in [3.05, 3.63) is 56.9 Å². The van der Waals surface area contributed by atoms with Crippen LogP contribution in [0.15, 0.2) is 30.3 Å². The zero-order valence-corrected chi connectivity index (χ0v) is 17.2. The first-order chi connectivity index (χ1) is 13.7. The molecule has 2 aromatic carbocycles. The van der Waals surface area contributed by atoms with E-state index in [-0.39, 0.29) is 17.9 Å². The number of carboxylic acid groups (broad SMARTS) is 1. The van der Waals surface area contributed by atoms with Crippen LogP contribution in [0.2, 0.25) is 0 Å². The highest BCUT2D eigenvalue weighted by Gasteiger charge is 2.27. The summed E-state index contributed by atoms with van der Waals surface area (Å²) in [6.45, 7) is 0.421. The molecule has 0 bridgehead atoms. The van der Waals surface area contributed by atoms with Crippen LogP contribution < -0.4 is 10.6 Å². The van der Waals surface area contributed by atoms with Crippen LogP contribution in [0.3, 0.4) is 0 Å². The highest BCUT2D eigenvalue weighted by atomic mass is 127. The molecule has 1 fully saturated rings. The van der Waals surface area contributed by atoms with Gasteiger partial charge in [0, 0.05) is 28.8 Å². The third-order valence-electron chi connectivity index (χ3n) is 4.51. The van der Waals surface area contributed by atoms with E-state index >= 15 is 0 Å². The summed E-state index contributed by atoms with van der Waals surface area (Å²) in [4.78, 5) is 25.0. The lowest BCUT2D eigenvalue weighted by Gasteiger charge is -2.31. The molecular formula is C19H17F3IN3O3. The van der Waals surface area contributed by atoms with Gasteiger partial charge in [-0.15, -0.1) is 0 Å². The number of halogens is 4. The summed E-state index contributed by atoms with van der Waals surface area (Å²) in [7, 11) is 0. The number of anilines is 2. The Morgan fingerprint density at radius 3 is 2.55 bits per heavy atom. The van der Waals surface area contributed by atoms with Gasteiger partial charge in [-0.1, -0.05) is 0 Å². The molecule has 29 heavy (non-hydrogen) atoms. The Bertz CT molecular complexity index is 958. The number of amides is 2. The maximum Gasteiger partial charge on any atom is 0.407 e. The minimum absolute atomic E-state index is 0.0424. The predicted octanol–water partition coefficient (Wildman–Crippen LogP) is 4.32. The molecule has 0 aliphatic carbocycles. The van der Waals surface area contributed by atoms with Gasteiger partial charge in [0.25, 0.3) is 5.91 Å². The van der Waals surface area contributed by atoms with E-state index in [1.165, 1.54) is 12.1 Å². The molecule has 154 valence electrons. The maximum atomic E-state index is 14.4. The van der Waals surface area contributed by atoms with Crippen molar-refractivity contribution in [2.24, 2.45) is 0 Å². The summed E-state index contributed by atoms with van der Waals surface area (Å²) < 4.78 is 43.0. The molecule has 0 spiro atoms. The first kappa shape index (κ1) is 21.2. The van der Waals surface area contributed by atoms with E-state index in [1.807, 2.05) is 22.6 Å². The summed E-state index contributed by atoms with van der Waals surface area (Å²) in [5.41, 5.74) is -0.748. The number of carbonyl (C=O) groups excluding carboxylic acids is 1. The molecule has 0 saturated carbocycles. The summed E-state index contributed by atoms with van der Waals surface area (Å²) in [6.07, 6.45) is -0.0388. The Morgan fingerprint density at radius 2 is 1.86 bits per heavy atom. The zero-order valence-electron chi connectivity index (χ0n) is 15.0. The predicted molar refractivity (Wildman–Crippen MR) is 109 cm³/mol. The van der Waals surface area contributed by atoms with Gasteiger partial charge in [0.05, 0.1) is 16.9 Å². The van der Waals surface area contributed by atoms with Crippen LogP contribution >= 0.6 is 22.6 Å². The van der Waals surface area contributed by atoms with Gasteiger partial charge in [0.15, 0.2) is 0 Å². The molecular weight excluding hydrogens is 502 g/mol. The van der Waals surface area contributed by atoms with Gasteiger partial charge in [0.2, 0.25) is 0 Å². The highest BCUT2D eigenvalue weighted by Crippen LogP contribution is 2.27. The maximum absolute atomic E-state index is 14.4. The molecule has 1 heterocycles. The molecule has 3 N–H and O–H groups in total. The number of rotatable bonds is 4. The molecule has 2 aromatic rings. The SMILES string of the molecule is O=C(NC1CCCN(C(=O)O)C1)c1c(F)cc(F)cc1Nc1ccc(I)cc1F. The first-order valence-corrected chi connectivity index (χ1v) is 9.82. The quantitative estimate of drug-likeness (QED) is 0.526. The van der Waals surface area contributed by atoms with Crippen molar-refractivity contribution in [2.75, 3.05) is 18.4 Å². The molecule has 0 aromatic heterocycles. The second-order valence-electron chi connectivity index (χ2n) is 6.60. The second kappa shape index (κ2) is 8.89. The van der Waals surface area contributed by atoms with Crippen molar-refractivity contribution in [3.8, 4) is 0 Å². The molecule has 3 rings (SSSR count). The van der Waals surface area contributed by atoms with E-state index < -0.39 is 41.1 Å². The van der Waals surface area contributed by atoms with Crippen LogP contribution in [0.5, 0.6) is 0 Å². The second-order valence-corrected chi connectivity index (χ2v) is 7.85. The van der Waals surface area contributed by atoms with Gasteiger partial charge in [0.1, 0.15) is 17.5 Å². The van der Waals surface area contributed by atoms with Gasteiger partial charge < -0.3 is 20.6 Å². The summed E-state index contributed by atoms with van der Waals surface area (Å²) in [5, 5.41) is 14.3. The summed E-state index contributed by atoms with van der Waals surface area (Å²) >= 11 is 1.92. The Morgan fingerprint density at radius 1 is 1.10 bits per heavy atom. The van der Waals surface area contributed by atoms with Gasteiger partial charge in [-0.3, -0.25) is 4.79 Å². The Labute approximate surface area is 178 Å². The average Bonchev–Trinajstić information content (AvgIpc) is 2.63. The number of hydrogen-bond donors (Lipinski definition) is 3. The van der Waals surface area contributed by atoms with Crippen LogP contribution in [0.1, 0.15) is 23.2 Å². The largest absolute Gasteiger partial charge is 0.465 e. The number of hydrogen-bond acceptors (Lipinski definition) is 3. The van der Waals surface area contributed by atoms with E-state index in [9.17, 15) is 22.8 Å². The van der Waals surface area contributed by atoms with Crippen LogP contribution in [-0.2, 0) is 0 Å². The molecule has 1 unspecified atom stereocenters. The van der Waals surface area contributed by atoms with Crippen molar-refractivity contribution >= 4 is 46.0 Å². The fraction of sp³-hybridized carbons (Fsp3) is 0.263. The van der Waals surface area contributed by atoms with Crippen molar-refractivity contribution in [3.63, 3.8) is 0 Å². The van der Waals surface area contributed by atoms with Gasteiger partial charge >= 0.3 is 6.09 Å². The molecule has 1 atom stereocenters. The van der Waals surface area contributed by atoms with Crippen molar-refractivity contribution in [1.29, 1.82) is 0 Å². The van der Waals surface area contributed by atoms with Gasteiger partial charge in [-0.25, -0.2) is 18.0 Å². The van der Waals surface area contributed by atoms with Crippen LogP contribution in [0.25, 0.3) is 0 Å². The lowest BCUT2D eigenvalue weighted by atomic mass is 10.0. The third-order valence-corrected chi connectivity index (χ3v) is 5.18. The van der Waals surface area contributed by atoms with Crippen molar-refractivity contribution < 1.29 is 27.9 Å². The smallest absolute Gasteiger partial charge is 0.407 e. The molecule has 2 amide bonds. The minimum atomic E-state index is -1.11. The van der Waals surface area contributed by atoms with Gasteiger partial charge in [-0.05, 0) is 59.7 Å². The normalized spacial score (nSPS) is 16.4. The van der Waals surface area contributed by atoms with E-state index in [2.05, 4.69) is 10.6 Å². The number of piperidine rings is 1. The van der Waals surface area contributed by atoms with E-state index in [0.717, 1.165) is 11.0 Å². The van der Waals surface area contributed by atoms with Crippen molar-refractivity contribution in [2.45, 2.75) is 18.9 Å². The molecule has 1 aliphatic rings. The van der Waals surface area contributed by atoms with E-state index in [4.69, 9.17) is 5.11 Å². The Hall–Kier alpha value is -2.50. The first-order valence-electron chi connectivity index (χ1n) is 8.74. The average molecular weight is 519 g/mol. The lowest BCUT2D eigenvalue weighted by Crippen LogP contribution is -2.49.